The summed E-state index contributed by atoms with van der Waals surface area (Å²) in [6.45, 7) is 0. The summed E-state index contributed by atoms with van der Waals surface area (Å²) in [4.78, 5) is 26.1. The molecule has 1 aliphatic rings. The van der Waals surface area contributed by atoms with E-state index >= 15 is 0 Å². The van der Waals surface area contributed by atoms with Crippen LogP contribution >= 0.6 is 0 Å². The Kier molecular flexibility index (Phi) is 6.14. The number of carbonyl (C=O) groups is 2. The number of benzene rings is 4. The van der Waals surface area contributed by atoms with Crippen LogP contribution in [0.1, 0.15) is 27.0 Å². The number of methoxy groups -OCH3 is 1. The first-order valence-electron chi connectivity index (χ1n) is 11.4. The van der Waals surface area contributed by atoms with E-state index in [1.165, 1.54) is 16.7 Å². The van der Waals surface area contributed by atoms with Crippen molar-refractivity contribution >= 4 is 23.6 Å². The lowest BCUT2D eigenvalue weighted by atomic mass is 10.1. The zero-order valence-electron chi connectivity index (χ0n) is 19.2. The highest BCUT2D eigenvalue weighted by atomic mass is 16.5. The molecule has 172 valence electrons. The molecule has 0 bridgehead atoms. The third kappa shape index (κ3) is 4.84. The lowest BCUT2D eigenvalue weighted by Crippen LogP contribution is -2.30. The molecule has 35 heavy (non-hydrogen) atoms. The van der Waals surface area contributed by atoms with E-state index in [1.54, 1.807) is 49.6 Å². The Bertz CT molecular complexity index is 1420. The van der Waals surface area contributed by atoms with Gasteiger partial charge in [-0.2, -0.15) is 0 Å². The lowest BCUT2D eigenvalue weighted by Gasteiger charge is -2.12. The minimum Gasteiger partial charge on any atom is -0.497 e. The zero-order chi connectivity index (χ0) is 24.2. The molecule has 0 aliphatic heterocycles. The third-order valence-corrected chi connectivity index (χ3v) is 6.01. The summed E-state index contributed by atoms with van der Waals surface area (Å²) in [6, 6.07) is 30.3. The van der Waals surface area contributed by atoms with Crippen LogP contribution in [0.25, 0.3) is 17.2 Å². The Morgan fingerprint density at radius 2 is 1.51 bits per heavy atom. The van der Waals surface area contributed by atoms with Crippen LogP contribution in [0.2, 0.25) is 0 Å². The summed E-state index contributed by atoms with van der Waals surface area (Å²) in [5, 5.41) is 5.73. The van der Waals surface area contributed by atoms with Crippen LogP contribution in [0.4, 0.5) is 5.69 Å². The molecule has 0 radical (unpaired) electrons. The van der Waals surface area contributed by atoms with Crippen molar-refractivity contribution < 1.29 is 14.3 Å². The molecule has 2 amide bonds. The molecule has 5 heteroatoms. The van der Waals surface area contributed by atoms with E-state index in [-0.39, 0.29) is 11.6 Å². The predicted molar refractivity (Wildman–Crippen MR) is 138 cm³/mol. The summed E-state index contributed by atoms with van der Waals surface area (Å²) in [6.07, 6.45) is 2.48. The Morgan fingerprint density at radius 3 is 2.29 bits per heavy atom. The van der Waals surface area contributed by atoms with Crippen molar-refractivity contribution in [3.63, 3.8) is 0 Å². The summed E-state index contributed by atoms with van der Waals surface area (Å²) in [7, 11) is 1.60. The summed E-state index contributed by atoms with van der Waals surface area (Å²) >= 11 is 0. The van der Waals surface area contributed by atoms with Crippen molar-refractivity contribution in [1.82, 2.24) is 5.32 Å². The minimum atomic E-state index is -0.402. The van der Waals surface area contributed by atoms with Gasteiger partial charge in [0.1, 0.15) is 11.4 Å². The van der Waals surface area contributed by atoms with Gasteiger partial charge in [-0.1, -0.05) is 60.7 Å². The predicted octanol–water partition coefficient (Wildman–Crippen LogP) is 5.68. The third-order valence-electron chi connectivity index (χ3n) is 6.01. The quantitative estimate of drug-likeness (QED) is 0.321. The van der Waals surface area contributed by atoms with E-state index in [0.717, 1.165) is 17.5 Å². The van der Waals surface area contributed by atoms with Crippen molar-refractivity contribution in [2.24, 2.45) is 0 Å². The molecule has 0 heterocycles. The maximum atomic E-state index is 13.3. The standard InChI is InChI=1S/C30H24N2O3/c1-35-25-14-11-20(12-15-25)17-28(32-29(33)21-7-3-2-4-8-21)30(34)31-24-13-16-27-23(19-24)18-22-9-5-6-10-26(22)27/h2-17,19H,18H2,1H3,(H,31,34)(H,32,33)/b28-17+. The first-order chi connectivity index (χ1) is 17.1. The number of fused-ring (bicyclic) bond motifs is 3. The highest BCUT2D eigenvalue weighted by Gasteiger charge is 2.20. The van der Waals surface area contributed by atoms with Crippen molar-refractivity contribution in [2.45, 2.75) is 6.42 Å². The number of rotatable bonds is 6. The van der Waals surface area contributed by atoms with Gasteiger partial charge in [0.2, 0.25) is 0 Å². The van der Waals surface area contributed by atoms with Crippen LogP contribution in [0.3, 0.4) is 0 Å². The van der Waals surface area contributed by atoms with Crippen molar-refractivity contribution in [1.29, 1.82) is 0 Å². The molecular weight excluding hydrogens is 436 g/mol. The second-order valence-electron chi connectivity index (χ2n) is 8.31. The zero-order valence-corrected chi connectivity index (χ0v) is 19.2. The molecule has 5 rings (SSSR count). The first kappa shape index (κ1) is 22.2. The average Bonchev–Trinajstić information content (AvgIpc) is 3.27. The number of hydrogen-bond acceptors (Lipinski definition) is 3. The fourth-order valence-electron chi connectivity index (χ4n) is 4.23. The van der Waals surface area contributed by atoms with Gasteiger partial charge in [0, 0.05) is 11.3 Å². The van der Waals surface area contributed by atoms with Gasteiger partial charge >= 0.3 is 0 Å². The molecule has 1 aliphatic carbocycles. The second-order valence-corrected chi connectivity index (χ2v) is 8.31. The molecule has 0 aromatic heterocycles. The molecular formula is C30H24N2O3. The SMILES string of the molecule is COc1ccc(/C=C(/NC(=O)c2ccccc2)C(=O)Nc2ccc3c(c2)Cc2ccccc2-3)cc1. The van der Waals surface area contributed by atoms with Gasteiger partial charge in [-0.25, -0.2) is 0 Å². The van der Waals surface area contributed by atoms with Gasteiger partial charge in [-0.05, 0) is 76.7 Å². The average molecular weight is 461 g/mol. The number of anilines is 1. The van der Waals surface area contributed by atoms with E-state index in [1.807, 2.05) is 48.5 Å². The maximum absolute atomic E-state index is 13.3. The van der Waals surface area contributed by atoms with E-state index < -0.39 is 5.91 Å². The fourth-order valence-corrected chi connectivity index (χ4v) is 4.23. The van der Waals surface area contributed by atoms with E-state index in [0.29, 0.717) is 17.0 Å². The Morgan fingerprint density at radius 1 is 0.800 bits per heavy atom. The minimum absolute atomic E-state index is 0.146. The molecule has 0 saturated carbocycles. The Labute approximate surface area is 204 Å². The Balaban J connectivity index is 1.41. The number of carbonyl (C=O) groups excluding carboxylic acids is 2. The van der Waals surface area contributed by atoms with Crippen LogP contribution in [-0.2, 0) is 11.2 Å². The van der Waals surface area contributed by atoms with Gasteiger partial charge in [-0.15, -0.1) is 0 Å². The van der Waals surface area contributed by atoms with Crippen molar-refractivity contribution in [2.75, 3.05) is 12.4 Å². The normalized spacial score (nSPS) is 11.9. The molecule has 4 aromatic rings. The smallest absolute Gasteiger partial charge is 0.272 e. The van der Waals surface area contributed by atoms with Crippen LogP contribution < -0.4 is 15.4 Å². The number of ether oxygens (including phenoxy) is 1. The highest BCUT2D eigenvalue weighted by molar-refractivity contribution is 6.10. The summed E-state index contributed by atoms with van der Waals surface area (Å²) < 4.78 is 5.21. The number of nitrogens with one attached hydrogen (secondary N) is 2. The first-order valence-corrected chi connectivity index (χ1v) is 11.4. The topological polar surface area (TPSA) is 67.4 Å². The van der Waals surface area contributed by atoms with E-state index in [2.05, 4.69) is 22.8 Å². The van der Waals surface area contributed by atoms with E-state index in [9.17, 15) is 9.59 Å². The van der Waals surface area contributed by atoms with Gasteiger partial charge in [-0.3, -0.25) is 9.59 Å². The molecule has 0 unspecified atom stereocenters. The fraction of sp³-hybridized carbons (Fsp3) is 0.0667. The summed E-state index contributed by atoms with van der Waals surface area (Å²) in [5.74, 6) is -0.0499. The van der Waals surface area contributed by atoms with Gasteiger partial charge in [0.15, 0.2) is 0 Å². The summed E-state index contributed by atoms with van der Waals surface area (Å²) in [5.41, 5.74) is 6.91. The molecule has 2 N–H and O–H groups in total. The highest BCUT2D eigenvalue weighted by Crippen LogP contribution is 2.37. The molecule has 0 atom stereocenters. The number of hydrogen-bond donors (Lipinski definition) is 2. The van der Waals surface area contributed by atoms with Crippen molar-refractivity contribution in [3.8, 4) is 16.9 Å². The molecule has 0 fully saturated rings. The molecule has 4 aromatic carbocycles. The second kappa shape index (κ2) is 9.69. The lowest BCUT2D eigenvalue weighted by molar-refractivity contribution is -0.113. The maximum Gasteiger partial charge on any atom is 0.272 e. The molecule has 5 nitrogen and oxygen atoms in total. The number of amides is 2. The molecule has 0 saturated heterocycles. The van der Waals surface area contributed by atoms with E-state index in [4.69, 9.17) is 4.74 Å². The largest absolute Gasteiger partial charge is 0.497 e. The van der Waals surface area contributed by atoms with Gasteiger partial charge in [0.05, 0.1) is 7.11 Å². The monoisotopic (exact) mass is 460 g/mol. The van der Waals surface area contributed by atoms with Crippen molar-refractivity contribution in [3.05, 3.63) is 125 Å². The van der Waals surface area contributed by atoms with Crippen LogP contribution in [0.5, 0.6) is 5.75 Å². The van der Waals surface area contributed by atoms with Crippen LogP contribution in [0.15, 0.2) is 103 Å². The van der Waals surface area contributed by atoms with Crippen LogP contribution in [0, 0.1) is 0 Å². The van der Waals surface area contributed by atoms with Crippen LogP contribution in [-0.4, -0.2) is 18.9 Å². The molecule has 0 spiro atoms. The Hall–Kier alpha value is -4.64. The van der Waals surface area contributed by atoms with Gasteiger partial charge in [0.25, 0.3) is 11.8 Å². The van der Waals surface area contributed by atoms with Gasteiger partial charge < -0.3 is 15.4 Å².